The molecule has 0 radical (unpaired) electrons. The molecule has 0 unspecified atom stereocenters. The summed E-state index contributed by atoms with van der Waals surface area (Å²) in [5.41, 5.74) is 2.42. The summed E-state index contributed by atoms with van der Waals surface area (Å²) >= 11 is 3.46. The van der Waals surface area contributed by atoms with Crippen LogP contribution in [0.2, 0.25) is 0 Å². The second-order valence-corrected chi connectivity index (χ2v) is 10.3. The van der Waals surface area contributed by atoms with Crippen molar-refractivity contribution in [1.29, 1.82) is 0 Å². The van der Waals surface area contributed by atoms with Gasteiger partial charge in [-0.05, 0) is 59.1 Å². The summed E-state index contributed by atoms with van der Waals surface area (Å²) in [6, 6.07) is 16.8. The second kappa shape index (κ2) is 11.4. The molecule has 0 bridgehead atoms. The number of rotatable bonds is 12. The average Bonchev–Trinajstić information content (AvgIpc) is 2.69. The third-order valence-corrected chi connectivity index (χ3v) is 6.28. The Hall–Kier alpha value is -1.78. The molecule has 0 aliphatic rings. The van der Waals surface area contributed by atoms with Crippen molar-refractivity contribution in [3.05, 3.63) is 82.6 Å². The molecule has 2 nitrogen and oxygen atoms in total. The van der Waals surface area contributed by atoms with Crippen LogP contribution in [0.25, 0.3) is 0 Å². The van der Waals surface area contributed by atoms with Crippen molar-refractivity contribution in [2.24, 2.45) is 0 Å². The highest BCUT2D eigenvalue weighted by Crippen LogP contribution is 2.33. The Morgan fingerprint density at radius 2 is 1.07 bits per heavy atom. The topological polar surface area (TPSA) is 18.5 Å². The van der Waals surface area contributed by atoms with Crippen molar-refractivity contribution in [2.75, 3.05) is 24.7 Å². The molecular formula is C25H32O2S2. The van der Waals surface area contributed by atoms with Gasteiger partial charge in [0.25, 0.3) is 0 Å². The van der Waals surface area contributed by atoms with Crippen molar-refractivity contribution in [3.8, 4) is 11.5 Å². The van der Waals surface area contributed by atoms with Gasteiger partial charge in [0.15, 0.2) is 0 Å². The van der Waals surface area contributed by atoms with E-state index >= 15 is 0 Å². The maximum absolute atomic E-state index is 5.82. The Balaban J connectivity index is 1.93. The molecule has 0 aliphatic heterocycles. The maximum atomic E-state index is 5.82. The van der Waals surface area contributed by atoms with Crippen LogP contribution in [0.3, 0.4) is 0 Å². The number of allylic oxidation sites excluding steroid dienone is 2. The van der Waals surface area contributed by atoms with Gasteiger partial charge in [0.1, 0.15) is 11.5 Å². The number of thioether (sulfide) groups is 2. The molecule has 0 aliphatic carbocycles. The fourth-order valence-electron chi connectivity index (χ4n) is 2.85. The molecule has 0 amide bonds. The smallest absolute Gasteiger partial charge is 0.119 e. The summed E-state index contributed by atoms with van der Waals surface area (Å²) in [4.78, 5) is 2.24. The zero-order chi connectivity index (χ0) is 21.3. The molecule has 0 aromatic heterocycles. The normalized spacial score (nSPS) is 11.2. The van der Waals surface area contributed by atoms with Crippen molar-refractivity contribution < 1.29 is 9.47 Å². The van der Waals surface area contributed by atoms with Crippen LogP contribution < -0.4 is 9.47 Å². The van der Waals surface area contributed by atoms with Gasteiger partial charge in [0.05, 0.1) is 13.2 Å². The van der Waals surface area contributed by atoms with Gasteiger partial charge in [0, 0.05) is 16.9 Å². The molecule has 0 atom stereocenters. The molecule has 0 heterocycles. The monoisotopic (exact) mass is 428 g/mol. The largest absolute Gasteiger partial charge is 0.493 e. The van der Waals surface area contributed by atoms with Gasteiger partial charge in [0.2, 0.25) is 0 Å². The van der Waals surface area contributed by atoms with Crippen LogP contribution in [0.15, 0.2) is 71.5 Å². The van der Waals surface area contributed by atoms with Crippen molar-refractivity contribution in [2.45, 2.75) is 33.1 Å². The highest BCUT2D eigenvalue weighted by atomic mass is 32.2. The number of ether oxygens (including phenoxy) is 2. The van der Waals surface area contributed by atoms with Crippen molar-refractivity contribution >= 4 is 23.5 Å². The minimum atomic E-state index is -0.0946. The SMILES string of the molecule is C=C(C)SCCOc1ccc(C(C)(C)c2ccc(OCCSC(=C)C)cc2)cc1. The van der Waals surface area contributed by atoms with E-state index < -0.39 is 0 Å². The van der Waals surface area contributed by atoms with E-state index in [0.717, 1.165) is 32.8 Å². The lowest BCUT2D eigenvalue weighted by atomic mass is 9.78. The van der Waals surface area contributed by atoms with E-state index in [0.29, 0.717) is 13.2 Å². The van der Waals surface area contributed by atoms with Crippen LogP contribution in [0.5, 0.6) is 11.5 Å². The fourth-order valence-corrected chi connectivity index (χ4v) is 3.88. The van der Waals surface area contributed by atoms with Gasteiger partial charge < -0.3 is 9.47 Å². The molecule has 0 fully saturated rings. The summed E-state index contributed by atoms with van der Waals surface area (Å²) in [5, 5.41) is 0. The Morgan fingerprint density at radius 1 is 0.724 bits per heavy atom. The highest BCUT2D eigenvalue weighted by molar-refractivity contribution is 8.03. The van der Waals surface area contributed by atoms with E-state index in [1.807, 2.05) is 13.8 Å². The highest BCUT2D eigenvalue weighted by Gasteiger charge is 2.23. The van der Waals surface area contributed by atoms with Crippen molar-refractivity contribution in [3.63, 3.8) is 0 Å². The minimum absolute atomic E-state index is 0.0946. The summed E-state index contributed by atoms with van der Waals surface area (Å²) in [6.07, 6.45) is 0. The lowest BCUT2D eigenvalue weighted by molar-refractivity contribution is 0.343. The summed E-state index contributed by atoms with van der Waals surface area (Å²) in [6.45, 7) is 17.7. The molecule has 156 valence electrons. The number of hydrogen-bond donors (Lipinski definition) is 0. The Morgan fingerprint density at radius 3 is 1.38 bits per heavy atom. The van der Waals surface area contributed by atoms with Crippen molar-refractivity contribution in [1.82, 2.24) is 0 Å². The average molecular weight is 429 g/mol. The third-order valence-electron chi connectivity index (χ3n) is 4.55. The first-order chi connectivity index (χ1) is 13.8. The minimum Gasteiger partial charge on any atom is -0.493 e. The van der Waals surface area contributed by atoms with Crippen LogP contribution in [0.4, 0.5) is 0 Å². The maximum Gasteiger partial charge on any atom is 0.119 e. The first-order valence-corrected chi connectivity index (χ1v) is 11.8. The zero-order valence-corrected chi connectivity index (χ0v) is 19.6. The molecule has 0 spiro atoms. The van der Waals surface area contributed by atoms with Gasteiger partial charge in [-0.15, -0.1) is 23.5 Å². The second-order valence-electron chi connectivity index (χ2n) is 7.47. The number of benzene rings is 2. The third kappa shape index (κ3) is 7.87. The molecule has 0 saturated heterocycles. The van der Waals surface area contributed by atoms with E-state index in [1.54, 1.807) is 23.5 Å². The van der Waals surface area contributed by atoms with Gasteiger partial charge >= 0.3 is 0 Å². The molecular weight excluding hydrogens is 396 g/mol. The Labute approximate surface area is 184 Å². The van der Waals surface area contributed by atoms with Crippen LogP contribution in [-0.2, 0) is 5.41 Å². The van der Waals surface area contributed by atoms with Gasteiger partial charge in [-0.1, -0.05) is 51.3 Å². The first-order valence-electron chi connectivity index (χ1n) is 9.82. The standard InChI is InChI=1S/C25H32O2S2/c1-19(2)28-17-15-26-23-11-7-21(8-12-23)25(5,6)22-9-13-24(14-10-22)27-16-18-29-20(3)4/h7-14H,1,3,15-18H2,2,4-6H3. The van der Waals surface area contributed by atoms with E-state index in [2.05, 4.69) is 75.5 Å². The molecule has 29 heavy (non-hydrogen) atoms. The summed E-state index contributed by atoms with van der Waals surface area (Å²) in [7, 11) is 0. The van der Waals surface area contributed by atoms with Gasteiger partial charge in [-0.3, -0.25) is 0 Å². The lowest BCUT2D eigenvalue weighted by Gasteiger charge is -2.26. The van der Waals surface area contributed by atoms with E-state index in [9.17, 15) is 0 Å². The molecule has 0 saturated carbocycles. The summed E-state index contributed by atoms with van der Waals surface area (Å²) < 4.78 is 11.6. The first kappa shape index (κ1) is 23.5. The fraction of sp³-hybridized carbons (Fsp3) is 0.360. The van der Waals surface area contributed by atoms with E-state index in [4.69, 9.17) is 9.47 Å². The van der Waals surface area contributed by atoms with E-state index in [1.165, 1.54) is 11.1 Å². The van der Waals surface area contributed by atoms with Crippen LogP contribution in [-0.4, -0.2) is 24.7 Å². The van der Waals surface area contributed by atoms with Crippen LogP contribution >= 0.6 is 23.5 Å². The lowest BCUT2D eigenvalue weighted by Crippen LogP contribution is -2.18. The predicted molar refractivity (Wildman–Crippen MR) is 131 cm³/mol. The quantitative estimate of drug-likeness (QED) is 0.330. The molecule has 2 aromatic rings. The van der Waals surface area contributed by atoms with Gasteiger partial charge in [-0.2, -0.15) is 0 Å². The molecule has 2 rings (SSSR count). The van der Waals surface area contributed by atoms with Gasteiger partial charge in [-0.25, -0.2) is 0 Å². The number of hydrogen-bond acceptors (Lipinski definition) is 4. The predicted octanol–water partition coefficient (Wildman–Crippen LogP) is 7.30. The Kier molecular flexibility index (Phi) is 9.25. The Bertz CT molecular complexity index is 725. The zero-order valence-electron chi connectivity index (χ0n) is 18.0. The molecule has 0 N–H and O–H groups in total. The molecule has 4 heteroatoms. The summed E-state index contributed by atoms with van der Waals surface area (Å²) in [5.74, 6) is 3.65. The molecule has 2 aromatic carbocycles. The van der Waals surface area contributed by atoms with Crippen LogP contribution in [0, 0.1) is 0 Å². The van der Waals surface area contributed by atoms with Crippen LogP contribution in [0.1, 0.15) is 38.8 Å². The van der Waals surface area contributed by atoms with E-state index in [-0.39, 0.29) is 5.41 Å².